The Bertz CT molecular complexity index is 1060. The Kier molecular flexibility index (Phi) is 5.75. The molecule has 3 rings (SSSR count). The molecule has 0 N–H and O–H groups in total. The third kappa shape index (κ3) is 3.62. The maximum absolute atomic E-state index is 13.4. The lowest BCUT2D eigenvalue weighted by Crippen LogP contribution is -2.70. The summed E-state index contributed by atoms with van der Waals surface area (Å²) in [6.45, 7) is 5.59. The normalized spacial score (nSPS) is 25.6. The van der Waals surface area contributed by atoms with Crippen LogP contribution in [0.2, 0.25) is 0 Å². The number of nitrogens with zero attached hydrogens (tertiary/aromatic N) is 5. The Hall–Kier alpha value is -1.99. The lowest BCUT2D eigenvalue weighted by molar-refractivity contribution is -0.142. The van der Waals surface area contributed by atoms with E-state index in [0.717, 1.165) is 23.6 Å². The number of aromatic nitrogens is 4. The summed E-state index contributed by atoms with van der Waals surface area (Å²) in [6.07, 6.45) is 0. The number of thioether (sulfide) groups is 1. The fourth-order valence-electron chi connectivity index (χ4n) is 3.05. The number of hydrogen-bond donors (Lipinski definition) is 0. The van der Waals surface area contributed by atoms with Crippen LogP contribution in [0.3, 0.4) is 0 Å². The van der Waals surface area contributed by atoms with Gasteiger partial charge in [0.25, 0.3) is 0 Å². The van der Waals surface area contributed by atoms with Crippen molar-refractivity contribution in [2.24, 2.45) is 12.5 Å². The fraction of sp³-hybridized carbons (Fsp3) is 0.625. The van der Waals surface area contributed by atoms with Crippen LogP contribution in [0.5, 0.6) is 0 Å². The second-order valence-electron chi connectivity index (χ2n) is 7.86. The highest BCUT2D eigenvalue weighted by Gasteiger charge is 2.63. The van der Waals surface area contributed by atoms with Gasteiger partial charge in [-0.3, -0.25) is 19.3 Å². The number of rotatable bonds is 5. The van der Waals surface area contributed by atoms with Gasteiger partial charge < -0.3 is 4.74 Å². The number of esters is 1. The topological polar surface area (TPSA) is 141 Å². The van der Waals surface area contributed by atoms with Crippen molar-refractivity contribution in [1.82, 2.24) is 25.1 Å². The van der Waals surface area contributed by atoms with Gasteiger partial charge in [0.05, 0.1) is 5.70 Å². The van der Waals surface area contributed by atoms with Crippen LogP contribution < -0.4 is 0 Å². The highest BCUT2D eigenvalue weighted by molar-refractivity contribution is 8.14. The second kappa shape index (κ2) is 7.61. The van der Waals surface area contributed by atoms with Crippen molar-refractivity contribution < 1.29 is 27.5 Å². The summed E-state index contributed by atoms with van der Waals surface area (Å²) in [5.41, 5.74) is -1.08. The van der Waals surface area contributed by atoms with E-state index in [1.165, 1.54) is 11.7 Å². The number of ether oxygens (including phenoxy) is 1. The van der Waals surface area contributed by atoms with Crippen LogP contribution in [0.4, 0.5) is 0 Å². The number of β-lactam (4-membered cyclic amide) rings is 1. The predicted molar refractivity (Wildman–Crippen MR) is 106 cm³/mol. The minimum atomic E-state index is -4.12. The predicted octanol–water partition coefficient (Wildman–Crippen LogP) is 0.265. The van der Waals surface area contributed by atoms with Crippen LogP contribution in [0.25, 0.3) is 0 Å². The molecule has 3 heterocycles. The number of allylic oxidation sites excluding steroid dienone is 1. The van der Waals surface area contributed by atoms with E-state index in [9.17, 15) is 22.8 Å². The third-order valence-corrected chi connectivity index (χ3v) is 9.32. The SMILES string of the molecule is CC(=O)OCC1=C(C(=O)C(C)(C)C)N2C(=O)[C@H](Cl)[C@H]2S(=O)(=O)C1Sc1nnnn1C. The molecule has 1 aromatic rings. The molecular weight excluding hydrogens is 458 g/mol. The Morgan fingerprint density at radius 3 is 2.43 bits per heavy atom. The molecule has 1 unspecified atom stereocenters. The van der Waals surface area contributed by atoms with Gasteiger partial charge in [0.2, 0.25) is 11.1 Å². The standard InChI is InChI=1S/C16H20ClN5O6S2/c1-7(23)28-6-8-10(11(24)16(2,3)4)22-12(25)9(17)13(22)30(26,27)14(8)29-15-18-19-20-21(15)5/h9,13-14H,6H2,1-5H3/t9-,13+,14?/m0/s1. The van der Waals surface area contributed by atoms with Crippen molar-refractivity contribution in [3.63, 3.8) is 0 Å². The molecule has 0 bridgehead atoms. The molecule has 3 atom stereocenters. The average Bonchev–Trinajstić information content (AvgIpc) is 3.04. The van der Waals surface area contributed by atoms with Crippen LogP contribution in [-0.4, -0.2) is 73.1 Å². The summed E-state index contributed by atoms with van der Waals surface area (Å²) in [5.74, 6) is -1.83. The average molecular weight is 478 g/mol. The molecule has 1 aromatic heterocycles. The van der Waals surface area contributed by atoms with Crippen molar-refractivity contribution in [1.29, 1.82) is 0 Å². The van der Waals surface area contributed by atoms with E-state index in [0.29, 0.717) is 0 Å². The molecule has 2 aliphatic rings. The Labute approximate surface area is 182 Å². The van der Waals surface area contributed by atoms with E-state index in [1.54, 1.807) is 20.8 Å². The number of ketones is 1. The molecule has 0 saturated carbocycles. The summed E-state index contributed by atoms with van der Waals surface area (Å²) in [6, 6.07) is 0. The molecule has 0 radical (unpaired) electrons. The first kappa shape index (κ1) is 22.7. The lowest BCUT2D eigenvalue weighted by Gasteiger charge is -2.50. The van der Waals surface area contributed by atoms with Gasteiger partial charge in [-0.1, -0.05) is 32.5 Å². The Morgan fingerprint density at radius 2 is 1.93 bits per heavy atom. The first-order valence-electron chi connectivity index (χ1n) is 8.78. The van der Waals surface area contributed by atoms with Gasteiger partial charge in [-0.25, -0.2) is 13.1 Å². The second-order valence-corrected chi connectivity index (χ2v) is 11.8. The van der Waals surface area contributed by atoms with Gasteiger partial charge in [0, 0.05) is 25.0 Å². The zero-order valence-corrected chi connectivity index (χ0v) is 19.2. The van der Waals surface area contributed by atoms with Crippen LogP contribution in [0.15, 0.2) is 16.4 Å². The third-order valence-electron chi connectivity index (χ3n) is 4.56. The molecule has 30 heavy (non-hydrogen) atoms. The maximum Gasteiger partial charge on any atom is 0.302 e. The summed E-state index contributed by atoms with van der Waals surface area (Å²) in [4.78, 5) is 38.1. The molecule has 11 nitrogen and oxygen atoms in total. The first-order chi connectivity index (χ1) is 13.8. The van der Waals surface area contributed by atoms with E-state index >= 15 is 0 Å². The summed E-state index contributed by atoms with van der Waals surface area (Å²) >= 11 is 6.83. The van der Waals surface area contributed by atoms with Crippen molar-refractivity contribution in [3.05, 3.63) is 11.3 Å². The summed E-state index contributed by atoms with van der Waals surface area (Å²) in [5, 5.41) is 8.39. The number of tetrazole rings is 1. The number of hydrogen-bond acceptors (Lipinski definition) is 10. The molecule has 0 aliphatic carbocycles. The summed E-state index contributed by atoms with van der Waals surface area (Å²) < 4.78 is 31.7. The lowest BCUT2D eigenvalue weighted by atomic mass is 9.86. The number of carbonyl (C=O) groups is 3. The van der Waals surface area contributed by atoms with E-state index in [2.05, 4.69) is 15.5 Å². The number of amides is 1. The highest BCUT2D eigenvalue weighted by atomic mass is 35.5. The molecule has 0 spiro atoms. The number of sulfone groups is 1. The Balaban J connectivity index is 2.24. The smallest absolute Gasteiger partial charge is 0.302 e. The monoisotopic (exact) mass is 477 g/mol. The molecule has 1 saturated heterocycles. The molecule has 0 aromatic carbocycles. The molecule has 164 valence electrons. The molecule has 2 aliphatic heterocycles. The minimum absolute atomic E-state index is 0.0220. The quantitative estimate of drug-likeness (QED) is 0.329. The number of halogens is 1. The van der Waals surface area contributed by atoms with Crippen LogP contribution in [0, 0.1) is 5.41 Å². The van der Waals surface area contributed by atoms with Crippen LogP contribution in [0.1, 0.15) is 27.7 Å². The van der Waals surface area contributed by atoms with Crippen molar-refractivity contribution in [2.45, 2.75) is 48.2 Å². The number of aryl methyl sites for hydroxylation is 1. The molecule has 1 amide bonds. The zero-order valence-electron chi connectivity index (χ0n) is 16.8. The highest BCUT2D eigenvalue weighted by Crippen LogP contribution is 2.48. The van der Waals surface area contributed by atoms with Gasteiger partial charge in [-0.15, -0.1) is 16.7 Å². The number of alkyl halides is 1. The molecule has 14 heteroatoms. The van der Waals surface area contributed by atoms with Gasteiger partial charge in [-0.2, -0.15) is 0 Å². The fourth-order valence-corrected chi connectivity index (χ4v) is 7.40. The van der Waals surface area contributed by atoms with E-state index in [-0.39, 0.29) is 16.4 Å². The minimum Gasteiger partial charge on any atom is -0.461 e. The van der Waals surface area contributed by atoms with E-state index in [4.69, 9.17) is 16.3 Å². The Morgan fingerprint density at radius 1 is 1.30 bits per heavy atom. The number of Topliss-reactive ketones (excluding diaryl/α,β-unsaturated/α-hetero) is 1. The van der Waals surface area contributed by atoms with Crippen molar-refractivity contribution in [3.8, 4) is 0 Å². The van der Waals surface area contributed by atoms with E-state index in [1.807, 2.05) is 0 Å². The van der Waals surface area contributed by atoms with Gasteiger partial charge in [0.15, 0.2) is 21.0 Å². The number of carbonyl (C=O) groups excluding carboxylic acids is 3. The zero-order chi connectivity index (χ0) is 22.6. The van der Waals surface area contributed by atoms with Crippen molar-refractivity contribution in [2.75, 3.05) is 6.61 Å². The largest absolute Gasteiger partial charge is 0.461 e. The van der Waals surface area contributed by atoms with Gasteiger partial charge in [-0.05, 0) is 10.4 Å². The van der Waals surface area contributed by atoms with Gasteiger partial charge in [0.1, 0.15) is 16.6 Å². The maximum atomic E-state index is 13.4. The van der Waals surface area contributed by atoms with Crippen molar-refractivity contribution >= 4 is 50.9 Å². The summed E-state index contributed by atoms with van der Waals surface area (Å²) in [7, 11) is -2.60. The van der Waals surface area contributed by atoms with Crippen LogP contribution >= 0.6 is 23.4 Å². The van der Waals surface area contributed by atoms with Crippen LogP contribution in [-0.2, 0) is 36.0 Å². The van der Waals surface area contributed by atoms with E-state index < -0.39 is 54.9 Å². The first-order valence-corrected chi connectivity index (χ1v) is 11.7. The number of fused-ring (bicyclic) bond motifs is 1. The molecule has 1 fully saturated rings. The van der Waals surface area contributed by atoms with Gasteiger partial charge >= 0.3 is 5.97 Å². The molecular formula is C16H20ClN5O6S2.